The van der Waals surface area contributed by atoms with E-state index < -0.39 is 47.1 Å². The fraction of sp³-hybridized carbons (Fsp3) is 0.500. The third-order valence-electron chi connectivity index (χ3n) is 2.52. The summed E-state index contributed by atoms with van der Waals surface area (Å²) in [6, 6.07) is 0. The maximum absolute atomic E-state index is 12.5. The topological polar surface area (TPSA) is 108 Å². The molecule has 0 aliphatic heterocycles. The van der Waals surface area contributed by atoms with Gasteiger partial charge in [0.05, 0.1) is 7.05 Å². The second kappa shape index (κ2) is 5.91. The lowest BCUT2D eigenvalue weighted by Crippen LogP contribution is -2.53. The number of aromatic nitrogens is 2. The molecule has 1 aromatic rings. The van der Waals surface area contributed by atoms with Crippen LogP contribution in [0.15, 0.2) is 12.4 Å². The molecule has 0 atom stereocenters. The molecule has 8 nitrogen and oxygen atoms in total. The number of carbonyl (C=O) groups is 1. The standard InChI is InChI=1S/C8H7F6N3O5S2/c1-16-3-2-15-5(16)4-6(18)17(23(19,20)7(9,10)11)24(21,22)8(12,13)14/h2-3H,4H2,1H3/p+1. The van der Waals surface area contributed by atoms with E-state index in [1.54, 1.807) is 0 Å². The Morgan fingerprint density at radius 3 is 1.79 bits per heavy atom. The smallest absolute Gasteiger partial charge is 0.272 e. The predicted molar refractivity (Wildman–Crippen MR) is 62.5 cm³/mol. The number of sulfonamides is 2. The zero-order valence-corrected chi connectivity index (χ0v) is 13.0. The number of halogens is 6. The summed E-state index contributed by atoms with van der Waals surface area (Å²) in [5.41, 5.74) is -12.9. The fourth-order valence-electron chi connectivity index (χ4n) is 1.41. The highest BCUT2D eigenvalue weighted by Crippen LogP contribution is 2.35. The first-order chi connectivity index (χ1) is 10.5. The zero-order chi connectivity index (χ0) is 19.1. The number of imidazole rings is 1. The van der Waals surface area contributed by atoms with Gasteiger partial charge in [0, 0.05) is 0 Å². The molecule has 1 amide bonds. The molecular weight excluding hydrogens is 396 g/mol. The number of nitrogens with zero attached hydrogens (tertiary/aromatic N) is 2. The van der Waals surface area contributed by atoms with Crippen molar-refractivity contribution in [3.63, 3.8) is 0 Å². The Morgan fingerprint density at radius 2 is 1.50 bits per heavy atom. The molecule has 1 rings (SSSR count). The van der Waals surface area contributed by atoms with Gasteiger partial charge in [-0.05, 0) is 0 Å². The van der Waals surface area contributed by atoms with Gasteiger partial charge in [0.1, 0.15) is 18.8 Å². The van der Waals surface area contributed by atoms with Gasteiger partial charge < -0.3 is 0 Å². The van der Waals surface area contributed by atoms with Crippen LogP contribution < -0.4 is 4.57 Å². The van der Waals surface area contributed by atoms with Crippen LogP contribution in [-0.4, -0.2) is 42.5 Å². The van der Waals surface area contributed by atoms with Crippen LogP contribution in [0.4, 0.5) is 26.3 Å². The van der Waals surface area contributed by atoms with Gasteiger partial charge in [-0.3, -0.25) is 4.79 Å². The van der Waals surface area contributed by atoms with Crippen molar-refractivity contribution >= 4 is 26.0 Å². The summed E-state index contributed by atoms with van der Waals surface area (Å²) in [4.78, 5) is 13.9. The van der Waals surface area contributed by atoms with E-state index in [1.165, 1.54) is 13.2 Å². The number of alkyl halides is 6. The van der Waals surface area contributed by atoms with Crippen LogP contribution in [0.5, 0.6) is 0 Å². The number of hydrogen-bond acceptors (Lipinski definition) is 5. The van der Waals surface area contributed by atoms with Gasteiger partial charge in [-0.15, -0.1) is 3.71 Å². The second-order valence-corrected chi connectivity index (χ2v) is 7.97. The van der Waals surface area contributed by atoms with Gasteiger partial charge in [0.15, 0.2) is 0 Å². The Hall–Kier alpha value is -1.84. The van der Waals surface area contributed by atoms with Gasteiger partial charge in [-0.2, -0.15) is 43.2 Å². The highest BCUT2D eigenvalue weighted by molar-refractivity contribution is 8.05. The third-order valence-corrected chi connectivity index (χ3v) is 6.15. The average molecular weight is 404 g/mol. The minimum atomic E-state index is -7.14. The number of amides is 1. The molecule has 0 bridgehead atoms. The molecule has 0 radical (unpaired) electrons. The Labute approximate surface area is 130 Å². The minimum absolute atomic E-state index is 0.334. The highest BCUT2D eigenvalue weighted by atomic mass is 32.3. The normalized spacial score (nSPS) is 13.8. The number of nitrogens with one attached hydrogen (secondary N) is 1. The van der Waals surface area contributed by atoms with Gasteiger partial charge >= 0.3 is 31.1 Å². The first kappa shape index (κ1) is 20.2. The first-order valence-electron chi connectivity index (χ1n) is 5.51. The molecule has 0 saturated heterocycles. The summed E-state index contributed by atoms with van der Waals surface area (Å²) in [6.07, 6.45) is 0.945. The van der Waals surface area contributed by atoms with Crippen LogP contribution in [0.3, 0.4) is 0 Å². The molecule has 0 saturated carbocycles. The maximum Gasteiger partial charge on any atom is 0.517 e. The molecule has 138 valence electrons. The lowest BCUT2D eigenvalue weighted by molar-refractivity contribution is -0.677. The van der Waals surface area contributed by atoms with E-state index in [4.69, 9.17) is 0 Å². The van der Waals surface area contributed by atoms with E-state index in [0.717, 1.165) is 10.8 Å². The molecular formula is C8H8F6N3O5S2+. The number of aryl methyl sites for hydroxylation is 1. The molecule has 1 N–H and O–H groups in total. The quantitative estimate of drug-likeness (QED) is 0.558. The van der Waals surface area contributed by atoms with E-state index in [-0.39, 0.29) is 5.82 Å². The van der Waals surface area contributed by atoms with Gasteiger partial charge in [-0.25, -0.2) is 9.55 Å². The number of carbonyl (C=O) groups excluding carboxylic acids is 1. The number of aromatic amines is 1. The van der Waals surface area contributed by atoms with Crippen molar-refractivity contribution in [1.82, 2.24) is 8.69 Å². The Balaban J connectivity index is 3.52. The summed E-state index contributed by atoms with van der Waals surface area (Å²) >= 11 is 0. The minimum Gasteiger partial charge on any atom is -0.272 e. The molecule has 24 heavy (non-hydrogen) atoms. The third kappa shape index (κ3) is 3.47. The van der Waals surface area contributed by atoms with E-state index >= 15 is 0 Å². The van der Waals surface area contributed by atoms with Crippen LogP contribution >= 0.6 is 0 Å². The number of rotatable bonds is 4. The lowest BCUT2D eigenvalue weighted by Gasteiger charge is -2.23. The van der Waals surface area contributed by atoms with Crippen LogP contribution in [-0.2, 0) is 38.3 Å². The summed E-state index contributed by atoms with van der Waals surface area (Å²) < 4.78 is 119. The fourth-order valence-corrected chi connectivity index (χ4v) is 3.99. The van der Waals surface area contributed by atoms with Crippen molar-refractivity contribution in [3.8, 4) is 0 Å². The molecule has 1 aromatic heterocycles. The summed E-state index contributed by atoms with van der Waals surface area (Å²) in [6.45, 7) is 0. The highest BCUT2D eigenvalue weighted by Gasteiger charge is 2.63. The molecule has 1 heterocycles. The molecule has 0 aromatic carbocycles. The van der Waals surface area contributed by atoms with Crippen molar-refractivity contribution in [3.05, 3.63) is 18.2 Å². The predicted octanol–water partition coefficient (Wildman–Crippen LogP) is -0.0905. The van der Waals surface area contributed by atoms with Crippen molar-refractivity contribution in [1.29, 1.82) is 0 Å². The molecule has 16 heteroatoms. The largest absolute Gasteiger partial charge is 0.517 e. The van der Waals surface area contributed by atoms with E-state index in [0.29, 0.717) is 0 Å². The monoisotopic (exact) mass is 404 g/mol. The van der Waals surface area contributed by atoms with Crippen molar-refractivity contribution in [2.75, 3.05) is 0 Å². The van der Waals surface area contributed by atoms with E-state index in [2.05, 4.69) is 4.98 Å². The summed E-state index contributed by atoms with van der Waals surface area (Å²) in [5.74, 6) is -2.79. The first-order valence-corrected chi connectivity index (χ1v) is 8.39. The van der Waals surface area contributed by atoms with Gasteiger partial charge in [0.2, 0.25) is 0 Å². The SMILES string of the molecule is C[n+]1cc[nH]c1CC(=O)N(S(=O)(=O)C(F)(F)F)S(=O)(=O)C(F)(F)F. The zero-order valence-electron chi connectivity index (χ0n) is 11.4. The molecule has 0 spiro atoms. The molecule has 0 aliphatic carbocycles. The van der Waals surface area contributed by atoms with Gasteiger partial charge in [-0.1, -0.05) is 0 Å². The Bertz CT molecular complexity index is 794. The van der Waals surface area contributed by atoms with Crippen LogP contribution in [0.25, 0.3) is 0 Å². The van der Waals surface area contributed by atoms with Crippen molar-refractivity contribution in [2.24, 2.45) is 7.05 Å². The Kier molecular flexibility index (Phi) is 4.97. The molecule has 0 unspecified atom stereocenters. The van der Waals surface area contributed by atoms with Crippen LogP contribution in [0.1, 0.15) is 5.82 Å². The summed E-state index contributed by atoms with van der Waals surface area (Å²) in [7, 11) is -13.1. The number of H-pyrrole nitrogens is 1. The number of hydrogen-bond donors (Lipinski definition) is 1. The van der Waals surface area contributed by atoms with E-state index in [1.807, 2.05) is 0 Å². The second-order valence-electron chi connectivity index (χ2n) is 4.19. The van der Waals surface area contributed by atoms with E-state index in [9.17, 15) is 48.0 Å². The van der Waals surface area contributed by atoms with Gasteiger partial charge in [0.25, 0.3) is 11.7 Å². The van der Waals surface area contributed by atoms with Crippen LogP contribution in [0, 0.1) is 0 Å². The molecule has 0 fully saturated rings. The molecule has 0 aliphatic rings. The maximum atomic E-state index is 12.5. The Morgan fingerprint density at radius 1 is 1.08 bits per heavy atom. The van der Waals surface area contributed by atoms with Crippen molar-refractivity contribution in [2.45, 2.75) is 17.4 Å². The summed E-state index contributed by atoms with van der Waals surface area (Å²) in [5, 5.41) is 0. The van der Waals surface area contributed by atoms with Crippen molar-refractivity contribution < 1.29 is 52.5 Å². The average Bonchev–Trinajstić information content (AvgIpc) is 2.71. The van der Waals surface area contributed by atoms with Crippen LogP contribution in [0.2, 0.25) is 0 Å². The lowest BCUT2D eigenvalue weighted by atomic mass is 10.4.